The van der Waals surface area contributed by atoms with Gasteiger partial charge < -0.3 is 9.84 Å². The van der Waals surface area contributed by atoms with Gasteiger partial charge in [-0.2, -0.15) is 5.10 Å². The van der Waals surface area contributed by atoms with E-state index in [0.29, 0.717) is 10.0 Å². The van der Waals surface area contributed by atoms with Crippen LogP contribution >= 0.6 is 31.9 Å². The van der Waals surface area contributed by atoms with Crippen LogP contribution < -0.4 is 5.43 Å². The van der Waals surface area contributed by atoms with Gasteiger partial charge in [-0.1, -0.05) is 15.9 Å². The van der Waals surface area contributed by atoms with E-state index < -0.39 is 11.7 Å². The average molecular weight is 394 g/mol. The van der Waals surface area contributed by atoms with Crippen LogP contribution in [0.4, 0.5) is 4.79 Å². The fourth-order valence-corrected chi connectivity index (χ4v) is 2.40. The van der Waals surface area contributed by atoms with Crippen molar-refractivity contribution in [1.82, 2.24) is 5.43 Å². The first kappa shape index (κ1) is 16.0. The molecule has 0 atom stereocenters. The fourth-order valence-electron chi connectivity index (χ4n) is 1.14. The van der Waals surface area contributed by atoms with Crippen LogP contribution in [0.15, 0.2) is 26.2 Å². The summed E-state index contributed by atoms with van der Waals surface area (Å²) in [5.74, 6) is 0.0398. The predicted octanol–water partition coefficient (Wildman–Crippen LogP) is 3.78. The van der Waals surface area contributed by atoms with Gasteiger partial charge in [-0.25, -0.2) is 10.2 Å². The normalized spacial score (nSPS) is 11.6. The number of ether oxygens (including phenoxy) is 1. The molecule has 0 aromatic heterocycles. The van der Waals surface area contributed by atoms with Crippen LogP contribution in [0.2, 0.25) is 0 Å². The molecule has 0 radical (unpaired) electrons. The molecule has 0 unspecified atom stereocenters. The molecule has 0 bridgehead atoms. The molecule has 19 heavy (non-hydrogen) atoms. The first-order valence-corrected chi connectivity index (χ1v) is 6.98. The van der Waals surface area contributed by atoms with Crippen molar-refractivity contribution in [2.75, 3.05) is 0 Å². The molecule has 0 aliphatic carbocycles. The van der Waals surface area contributed by atoms with E-state index in [9.17, 15) is 9.90 Å². The van der Waals surface area contributed by atoms with Gasteiger partial charge in [0.1, 0.15) is 11.4 Å². The number of phenols is 1. The second-order valence-corrected chi connectivity index (χ2v) is 6.47. The van der Waals surface area contributed by atoms with Gasteiger partial charge in [0, 0.05) is 10.0 Å². The van der Waals surface area contributed by atoms with E-state index in [1.807, 2.05) is 0 Å². The molecule has 1 aromatic carbocycles. The smallest absolute Gasteiger partial charge is 0.428 e. The van der Waals surface area contributed by atoms with E-state index >= 15 is 0 Å². The van der Waals surface area contributed by atoms with Crippen LogP contribution in [0.5, 0.6) is 5.75 Å². The first-order valence-electron chi connectivity index (χ1n) is 5.39. The van der Waals surface area contributed by atoms with E-state index in [1.165, 1.54) is 6.21 Å². The van der Waals surface area contributed by atoms with Crippen LogP contribution in [0.3, 0.4) is 0 Å². The number of nitrogens with one attached hydrogen (secondary N) is 1. The molecular weight excluding hydrogens is 380 g/mol. The van der Waals surface area contributed by atoms with E-state index in [0.717, 1.165) is 4.47 Å². The van der Waals surface area contributed by atoms with Crippen molar-refractivity contribution in [2.24, 2.45) is 5.10 Å². The molecular formula is C12H14Br2N2O3. The summed E-state index contributed by atoms with van der Waals surface area (Å²) in [4.78, 5) is 11.3. The molecule has 1 aromatic rings. The Morgan fingerprint density at radius 2 is 2.05 bits per heavy atom. The minimum absolute atomic E-state index is 0.0398. The summed E-state index contributed by atoms with van der Waals surface area (Å²) in [6, 6.07) is 3.37. The number of rotatable bonds is 2. The first-order chi connectivity index (χ1) is 8.69. The standard InChI is InChI=1S/C12H14Br2N2O3/c1-12(2,3)19-11(18)16-15-6-7-4-8(13)5-9(14)10(7)17/h4-6,17H,1-3H3,(H,16,18)/b15-6+. The number of carbonyl (C=O) groups excluding carboxylic acids is 1. The minimum atomic E-state index is -0.655. The number of benzene rings is 1. The van der Waals surface area contributed by atoms with Gasteiger partial charge in [0.25, 0.3) is 0 Å². The van der Waals surface area contributed by atoms with E-state index in [1.54, 1.807) is 32.9 Å². The Morgan fingerprint density at radius 1 is 1.42 bits per heavy atom. The fraction of sp³-hybridized carbons (Fsp3) is 0.333. The van der Waals surface area contributed by atoms with Crippen LogP contribution in [0, 0.1) is 0 Å². The number of hydrogen-bond donors (Lipinski definition) is 2. The van der Waals surface area contributed by atoms with Crippen molar-refractivity contribution in [3.8, 4) is 5.75 Å². The molecule has 2 N–H and O–H groups in total. The molecule has 7 heteroatoms. The summed E-state index contributed by atoms with van der Waals surface area (Å²) in [5, 5.41) is 13.5. The molecule has 1 amide bonds. The number of phenolic OH excluding ortho intramolecular Hbond substituents is 1. The third-order valence-electron chi connectivity index (χ3n) is 1.82. The number of halogens is 2. The highest BCUT2D eigenvalue weighted by Gasteiger charge is 2.15. The van der Waals surface area contributed by atoms with E-state index in [2.05, 4.69) is 42.4 Å². The number of amides is 1. The molecule has 0 saturated heterocycles. The molecule has 5 nitrogen and oxygen atoms in total. The summed E-state index contributed by atoms with van der Waals surface area (Å²) < 4.78 is 6.31. The second kappa shape index (κ2) is 6.38. The third kappa shape index (κ3) is 5.61. The molecule has 0 aliphatic rings. The Hall–Kier alpha value is -1.08. The number of aromatic hydroxyl groups is 1. The van der Waals surface area contributed by atoms with Crippen molar-refractivity contribution >= 4 is 44.2 Å². The van der Waals surface area contributed by atoms with Crippen molar-refractivity contribution in [3.63, 3.8) is 0 Å². The van der Waals surface area contributed by atoms with Crippen molar-refractivity contribution in [3.05, 3.63) is 26.6 Å². The third-order valence-corrected chi connectivity index (χ3v) is 2.88. The summed E-state index contributed by atoms with van der Waals surface area (Å²) in [6.45, 7) is 5.27. The molecule has 0 saturated carbocycles. The molecule has 0 spiro atoms. The van der Waals surface area contributed by atoms with Crippen LogP contribution in [-0.2, 0) is 4.74 Å². The van der Waals surface area contributed by atoms with Gasteiger partial charge in [0.15, 0.2) is 0 Å². The molecule has 1 rings (SSSR count). The van der Waals surface area contributed by atoms with Crippen molar-refractivity contribution in [2.45, 2.75) is 26.4 Å². The van der Waals surface area contributed by atoms with Gasteiger partial charge in [0.05, 0.1) is 10.7 Å². The van der Waals surface area contributed by atoms with Crippen molar-refractivity contribution in [1.29, 1.82) is 0 Å². The Bertz CT molecular complexity index is 510. The Labute approximate surface area is 128 Å². The Morgan fingerprint density at radius 3 is 2.63 bits per heavy atom. The van der Waals surface area contributed by atoms with E-state index in [-0.39, 0.29) is 5.75 Å². The van der Waals surface area contributed by atoms with Gasteiger partial charge in [-0.05, 0) is 48.8 Å². The quantitative estimate of drug-likeness (QED) is 0.593. The lowest BCUT2D eigenvalue weighted by molar-refractivity contribution is 0.0529. The second-order valence-electron chi connectivity index (χ2n) is 4.70. The predicted molar refractivity (Wildman–Crippen MR) is 80.5 cm³/mol. The lowest BCUT2D eigenvalue weighted by Gasteiger charge is -2.18. The number of nitrogens with zero attached hydrogens (tertiary/aromatic N) is 1. The number of carbonyl (C=O) groups is 1. The van der Waals surface area contributed by atoms with Gasteiger partial charge in [0.2, 0.25) is 0 Å². The van der Waals surface area contributed by atoms with Crippen LogP contribution in [0.1, 0.15) is 26.3 Å². The molecule has 0 heterocycles. The van der Waals surface area contributed by atoms with Crippen LogP contribution in [-0.4, -0.2) is 23.0 Å². The SMILES string of the molecule is CC(C)(C)OC(=O)N/N=C/c1cc(Br)cc(Br)c1O. The summed E-state index contributed by atoms with van der Waals surface area (Å²) in [6.07, 6.45) is 0.673. The number of hydrazone groups is 1. The lowest BCUT2D eigenvalue weighted by atomic mass is 10.2. The lowest BCUT2D eigenvalue weighted by Crippen LogP contribution is -2.29. The van der Waals surface area contributed by atoms with Gasteiger partial charge in [-0.3, -0.25) is 0 Å². The highest BCUT2D eigenvalue weighted by Crippen LogP contribution is 2.30. The minimum Gasteiger partial charge on any atom is -0.506 e. The zero-order chi connectivity index (χ0) is 14.6. The van der Waals surface area contributed by atoms with Gasteiger partial charge >= 0.3 is 6.09 Å². The monoisotopic (exact) mass is 392 g/mol. The highest BCUT2D eigenvalue weighted by molar-refractivity contribution is 9.11. The van der Waals surface area contributed by atoms with Gasteiger partial charge in [-0.15, -0.1) is 0 Å². The van der Waals surface area contributed by atoms with E-state index in [4.69, 9.17) is 4.74 Å². The Kier molecular flexibility index (Phi) is 5.37. The molecule has 0 fully saturated rings. The Balaban J connectivity index is 2.71. The maximum Gasteiger partial charge on any atom is 0.428 e. The molecule has 104 valence electrons. The average Bonchev–Trinajstić information content (AvgIpc) is 2.22. The highest BCUT2D eigenvalue weighted by atomic mass is 79.9. The number of hydrogen-bond acceptors (Lipinski definition) is 4. The largest absolute Gasteiger partial charge is 0.506 e. The van der Waals surface area contributed by atoms with Crippen LogP contribution in [0.25, 0.3) is 0 Å². The zero-order valence-corrected chi connectivity index (χ0v) is 13.9. The molecule has 0 aliphatic heterocycles. The maximum absolute atomic E-state index is 11.3. The topological polar surface area (TPSA) is 70.9 Å². The van der Waals surface area contributed by atoms with Crippen molar-refractivity contribution < 1.29 is 14.6 Å². The zero-order valence-electron chi connectivity index (χ0n) is 10.7. The summed E-state index contributed by atoms with van der Waals surface area (Å²) >= 11 is 6.50. The summed E-state index contributed by atoms with van der Waals surface area (Å²) in [5.41, 5.74) is 2.09. The maximum atomic E-state index is 11.3. The summed E-state index contributed by atoms with van der Waals surface area (Å²) in [7, 11) is 0.